The van der Waals surface area contributed by atoms with Gasteiger partial charge in [-0.25, -0.2) is 9.97 Å². The monoisotopic (exact) mass is 353 g/mol. The minimum Gasteiger partial charge on any atom is -0.458 e. The quantitative estimate of drug-likeness (QED) is 0.773. The third kappa shape index (κ3) is 4.25. The fourth-order valence-electron chi connectivity index (χ4n) is 2.98. The van der Waals surface area contributed by atoms with Gasteiger partial charge < -0.3 is 9.64 Å². The van der Waals surface area contributed by atoms with Crippen molar-refractivity contribution in [2.75, 3.05) is 13.1 Å². The number of nitrogens with zero attached hydrogens (tertiary/aromatic N) is 3. The van der Waals surface area contributed by atoms with Crippen molar-refractivity contribution in [1.82, 2.24) is 14.9 Å². The molecule has 0 spiro atoms. The normalized spacial score (nSPS) is 17.0. The van der Waals surface area contributed by atoms with Crippen LogP contribution in [0.5, 0.6) is 6.01 Å². The fourth-order valence-corrected chi connectivity index (χ4v) is 2.98. The maximum Gasteiger partial charge on any atom is 0.316 e. The Morgan fingerprint density at radius 3 is 2.42 bits per heavy atom. The summed E-state index contributed by atoms with van der Waals surface area (Å²) < 4.78 is 5.86. The maximum absolute atomic E-state index is 12.7. The van der Waals surface area contributed by atoms with Gasteiger partial charge in [-0.15, -0.1) is 0 Å². The van der Waals surface area contributed by atoms with E-state index in [9.17, 15) is 9.59 Å². The molecule has 2 aromatic rings. The standard InChI is InChI=1S/C20H23N3O3/c1-3-15-11-21-20(22-12-15)26-18-5-4-10-23(13-18)19(25)17-8-6-16(7-9-17)14(2)24/h6-9,11-12,18H,3-5,10,13H2,1-2H3. The van der Waals surface area contributed by atoms with Gasteiger partial charge in [0, 0.05) is 30.1 Å². The maximum atomic E-state index is 12.7. The van der Waals surface area contributed by atoms with E-state index in [0.717, 1.165) is 24.8 Å². The van der Waals surface area contributed by atoms with Crippen LogP contribution in [0.25, 0.3) is 0 Å². The number of benzene rings is 1. The highest BCUT2D eigenvalue weighted by molar-refractivity contribution is 5.97. The molecule has 1 amide bonds. The molecule has 26 heavy (non-hydrogen) atoms. The van der Waals surface area contributed by atoms with Gasteiger partial charge in [0.1, 0.15) is 6.10 Å². The number of aryl methyl sites for hydroxylation is 1. The Bertz CT molecular complexity index is 772. The summed E-state index contributed by atoms with van der Waals surface area (Å²) in [5, 5.41) is 0. The Hall–Kier alpha value is -2.76. The molecule has 6 heteroatoms. The lowest BCUT2D eigenvalue weighted by molar-refractivity contribution is 0.0515. The number of hydrogen-bond acceptors (Lipinski definition) is 5. The highest BCUT2D eigenvalue weighted by atomic mass is 16.5. The first-order valence-electron chi connectivity index (χ1n) is 8.94. The van der Waals surface area contributed by atoms with E-state index in [1.807, 2.05) is 6.92 Å². The number of amides is 1. The van der Waals surface area contributed by atoms with Crippen LogP contribution in [-0.4, -0.2) is 45.8 Å². The Morgan fingerprint density at radius 1 is 1.15 bits per heavy atom. The highest BCUT2D eigenvalue weighted by Gasteiger charge is 2.26. The van der Waals surface area contributed by atoms with E-state index in [1.165, 1.54) is 6.92 Å². The molecule has 0 saturated carbocycles. The number of carbonyl (C=O) groups excluding carboxylic acids is 2. The molecule has 2 heterocycles. The molecule has 1 aromatic carbocycles. The van der Waals surface area contributed by atoms with Gasteiger partial charge in [-0.3, -0.25) is 9.59 Å². The van der Waals surface area contributed by atoms with E-state index in [4.69, 9.17) is 4.74 Å². The number of aromatic nitrogens is 2. The Morgan fingerprint density at radius 2 is 1.81 bits per heavy atom. The summed E-state index contributed by atoms with van der Waals surface area (Å²) in [7, 11) is 0. The molecule has 0 N–H and O–H groups in total. The Labute approximate surface area is 153 Å². The average Bonchev–Trinajstić information content (AvgIpc) is 2.68. The number of hydrogen-bond donors (Lipinski definition) is 0. The van der Waals surface area contributed by atoms with Crippen molar-refractivity contribution in [3.05, 3.63) is 53.3 Å². The molecule has 1 aromatic heterocycles. The van der Waals surface area contributed by atoms with Crippen molar-refractivity contribution in [3.63, 3.8) is 0 Å². The van der Waals surface area contributed by atoms with Crippen molar-refractivity contribution in [1.29, 1.82) is 0 Å². The summed E-state index contributed by atoms with van der Waals surface area (Å²) in [6.45, 7) is 4.76. The lowest BCUT2D eigenvalue weighted by atomic mass is 10.0. The topological polar surface area (TPSA) is 72.4 Å². The molecule has 0 bridgehead atoms. The summed E-state index contributed by atoms with van der Waals surface area (Å²) in [6, 6.07) is 7.15. The van der Waals surface area contributed by atoms with Crippen molar-refractivity contribution >= 4 is 11.7 Å². The number of piperidine rings is 1. The second-order valence-corrected chi connectivity index (χ2v) is 6.49. The number of rotatable bonds is 5. The largest absolute Gasteiger partial charge is 0.458 e. The van der Waals surface area contributed by atoms with E-state index < -0.39 is 0 Å². The second kappa shape index (κ2) is 8.08. The van der Waals surface area contributed by atoms with Crippen LogP contribution in [0, 0.1) is 0 Å². The zero-order valence-corrected chi connectivity index (χ0v) is 15.1. The lowest BCUT2D eigenvalue weighted by Crippen LogP contribution is -2.44. The third-order valence-electron chi connectivity index (χ3n) is 4.57. The van der Waals surface area contributed by atoms with Crippen LogP contribution in [0.2, 0.25) is 0 Å². The summed E-state index contributed by atoms with van der Waals surface area (Å²) in [5.41, 5.74) is 2.25. The van der Waals surface area contributed by atoms with Gasteiger partial charge in [0.15, 0.2) is 5.78 Å². The summed E-state index contributed by atoms with van der Waals surface area (Å²) in [6.07, 6.45) is 6.04. The zero-order valence-electron chi connectivity index (χ0n) is 15.1. The van der Waals surface area contributed by atoms with E-state index >= 15 is 0 Å². The van der Waals surface area contributed by atoms with Gasteiger partial charge in [-0.2, -0.15) is 0 Å². The van der Waals surface area contributed by atoms with E-state index in [0.29, 0.717) is 30.2 Å². The molecule has 136 valence electrons. The van der Waals surface area contributed by atoms with Crippen molar-refractivity contribution in [2.24, 2.45) is 0 Å². The van der Waals surface area contributed by atoms with Gasteiger partial charge in [0.2, 0.25) is 0 Å². The van der Waals surface area contributed by atoms with E-state index in [-0.39, 0.29) is 17.8 Å². The van der Waals surface area contributed by atoms with Crippen LogP contribution in [0.3, 0.4) is 0 Å². The van der Waals surface area contributed by atoms with Gasteiger partial charge in [-0.1, -0.05) is 19.1 Å². The molecular weight excluding hydrogens is 330 g/mol. The smallest absolute Gasteiger partial charge is 0.316 e. The van der Waals surface area contributed by atoms with Crippen LogP contribution in [0.1, 0.15) is 53.0 Å². The molecule has 1 fully saturated rings. The summed E-state index contributed by atoms with van der Waals surface area (Å²) in [5.74, 6) is -0.0554. The number of ether oxygens (including phenoxy) is 1. The zero-order chi connectivity index (χ0) is 18.5. The molecule has 3 rings (SSSR count). The number of carbonyl (C=O) groups is 2. The van der Waals surface area contributed by atoms with E-state index in [1.54, 1.807) is 41.6 Å². The van der Waals surface area contributed by atoms with Crippen molar-refractivity contribution in [3.8, 4) is 6.01 Å². The highest BCUT2D eigenvalue weighted by Crippen LogP contribution is 2.18. The van der Waals surface area contributed by atoms with Crippen molar-refractivity contribution < 1.29 is 14.3 Å². The third-order valence-corrected chi connectivity index (χ3v) is 4.57. The SMILES string of the molecule is CCc1cnc(OC2CCCN(C(=O)c3ccc(C(C)=O)cc3)C2)nc1. The molecule has 6 nitrogen and oxygen atoms in total. The first-order valence-corrected chi connectivity index (χ1v) is 8.94. The predicted octanol–water partition coefficient (Wildman–Crippen LogP) is 2.93. The molecule has 1 unspecified atom stereocenters. The second-order valence-electron chi connectivity index (χ2n) is 6.49. The molecule has 1 saturated heterocycles. The predicted molar refractivity (Wildman–Crippen MR) is 97.4 cm³/mol. The number of ketones is 1. The average molecular weight is 353 g/mol. The summed E-state index contributed by atoms with van der Waals surface area (Å²) >= 11 is 0. The first-order chi connectivity index (χ1) is 12.6. The van der Waals surface area contributed by atoms with Gasteiger partial charge in [-0.05, 0) is 43.9 Å². The lowest BCUT2D eigenvalue weighted by Gasteiger charge is -2.32. The van der Waals surface area contributed by atoms with Crippen molar-refractivity contribution in [2.45, 2.75) is 39.2 Å². The fraction of sp³-hybridized carbons (Fsp3) is 0.400. The minimum absolute atomic E-state index is 0.00970. The molecule has 1 aliphatic heterocycles. The Balaban J connectivity index is 1.63. The number of likely N-dealkylation sites (tertiary alicyclic amines) is 1. The first kappa shape index (κ1) is 18.0. The summed E-state index contributed by atoms with van der Waals surface area (Å²) in [4.78, 5) is 34.3. The molecule has 1 aliphatic rings. The minimum atomic E-state index is -0.114. The van der Waals surface area contributed by atoms with Crippen LogP contribution in [0.4, 0.5) is 0 Å². The Kier molecular flexibility index (Phi) is 5.61. The van der Waals surface area contributed by atoms with Crippen LogP contribution < -0.4 is 4.74 Å². The van der Waals surface area contributed by atoms with Crippen LogP contribution >= 0.6 is 0 Å². The number of Topliss-reactive ketones (excluding diaryl/α,β-unsaturated/α-hetero) is 1. The van der Waals surface area contributed by atoms with Gasteiger partial charge >= 0.3 is 6.01 Å². The van der Waals surface area contributed by atoms with Crippen LogP contribution in [-0.2, 0) is 6.42 Å². The van der Waals surface area contributed by atoms with E-state index in [2.05, 4.69) is 9.97 Å². The van der Waals surface area contributed by atoms with Gasteiger partial charge in [0.05, 0.1) is 6.54 Å². The van der Waals surface area contributed by atoms with Crippen LogP contribution in [0.15, 0.2) is 36.7 Å². The molecule has 1 atom stereocenters. The molecular formula is C20H23N3O3. The molecule has 0 aliphatic carbocycles. The van der Waals surface area contributed by atoms with Gasteiger partial charge in [0.25, 0.3) is 5.91 Å². The molecule has 0 radical (unpaired) electrons.